The lowest BCUT2D eigenvalue weighted by Gasteiger charge is -2.09. The largest absolute Gasteiger partial charge is 0.382 e. The van der Waals surface area contributed by atoms with E-state index in [4.69, 9.17) is 51.8 Å². The molecule has 2 aromatic rings. The molecule has 0 saturated heterocycles. The lowest BCUT2D eigenvalue weighted by Crippen LogP contribution is -2.30. The van der Waals surface area contributed by atoms with Crippen molar-refractivity contribution in [3.63, 3.8) is 0 Å². The zero-order valence-electron chi connectivity index (χ0n) is 13.7. The van der Waals surface area contributed by atoms with Gasteiger partial charge in [0.15, 0.2) is 10.9 Å². The molecule has 136 valence electrons. The van der Waals surface area contributed by atoms with Gasteiger partial charge in [0.05, 0.1) is 16.6 Å². The first kappa shape index (κ1) is 20.3. The molecule has 0 aliphatic carbocycles. The Hall–Kier alpha value is -1.05. The van der Waals surface area contributed by atoms with E-state index in [1.165, 1.54) is 0 Å². The first-order valence-electron chi connectivity index (χ1n) is 7.79. The van der Waals surface area contributed by atoms with Crippen LogP contribution in [0.5, 0.6) is 0 Å². The molecule has 9 heteroatoms. The van der Waals surface area contributed by atoms with Gasteiger partial charge in [0.1, 0.15) is 5.02 Å². The minimum atomic E-state index is 0.471. The summed E-state index contributed by atoms with van der Waals surface area (Å²) in [5, 5.41) is 12.5. The van der Waals surface area contributed by atoms with Crippen molar-refractivity contribution in [1.29, 1.82) is 0 Å². The molecule has 0 atom stereocenters. The van der Waals surface area contributed by atoms with Crippen LogP contribution in [0.2, 0.25) is 15.1 Å². The summed E-state index contributed by atoms with van der Waals surface area (Å²) < 4.78 is 6.98. The van der Waals surface area contributed by atoms with Crippen molar-refractivity contribution in [3.05, 3.63) is 45.0 Å². The number of hydrogen-bond acceptors (Lipinski definition) is 3. The summed E-state index contributed by atoms with van der Waals surface area (Å²) in [7, 11) is 0. The first-order chi connectivity index (χ1) is 12.0. The van der Waals surface area contributed by atoms with Crippen LogP contribution in [0.4, 0.5) is 5.82 Å². The van der Waals surface area contributed by atoms with Crippen molar-refractivity contribution in [1.82, 2.24) is 15.1 Å². The predicted octanol–water partition coefficient (Wildman–Crippen LogP) is 4.60. The summed E-state index contributed by atoms with van der Waals surface area (Å²) in [5.74, 6) is 0.504. The molecule has 0 bridgehead atoms. The Labute approximate surface area is 167 Å². The molecule has 0 radical (unpaired) electrons. The molecule has 0 unspecified atom stereocenters. The lowest BCUT2D eigenvalue weighted by atomic mass is 10.2. The molecule has 0 spiro atoms. The number of nitrogens with one attached hydrogen (secondary N) is 2. The fourth-order valence-corrected chi connectivity index (χ4v) is 2.78. The van der Waals surface area contributed by atoms with Crippen LogP contribution in [-0.4, -0.2) is 34.7 Å². The maximum absolute atomic E-state index is 6.21. The van der Waals surface area contributed by atoms with E-state index in [9.17, 15) is 0 Å². The van der Waals surface area contributed by atoms with Crippen LogP contribution in [-0.2, 0) is 11.3 Å². The van der Waals surface area contributed by atoms with Gasteiger partial charge in [-0.2, -0.15) is 5.10 Å². The van der Waals surface area contributed by atoms with Gasteiger partial charge in [0, 0.05) is 26.0 Å². The fraction of sp³-hybridized carbons (Fsp3) is 0.375. The normalized spacial score (nSPS) is 10.7. The van der Waals surface area contributed by atoms with Crippen LogP contribution in [0.3, 0.4) is 0 Å². The van der Waals surface area contributed by atoms with Gasteiger partial charge in [0.2, 0.25) is 0 Å². The smallest absolute Gasteiger partial charge is 0.173 e. The van der Waals surface area contributed by atoms with Crippen molar-refractivity contribution in [3.8, 4) is 0 Å². The zero-order valence-corrected chi connectivity index (χ0v) is 16.8. The molecule has 5 nitrogen and oxygen atoms in total. The number of halogens is 3. The summed E-state index contributed by atoms with van der Waals surface area (Å²) in [6.45, 7) is 4.62. The number of benzene rings is 1. The number of thiocarbonyl (C=S) groups is 1. The minimum Gasteiger partial charge on any atom is -0.382 e. The number of hydrogen-bond donors (Lipinski definition) is 2. The fourth-order valence-electron chi connectivity index (χ4n) is 2.06. The molecule has 25 heavy (non-hydrogen) atoms. The highest BCUT2D eigenvalue weighted by Gasteiger charge is 2.09. The van der Waals surface area contributed by atoms with Crippen LogP contribution in [0.15, 0.2) is 24.4 Å². The second kappa shape index (κ2) is 10.2. The summed E-state index contributed by atoms with van der Waals surface area (Å²) in [6.07, 6.45) is 2.60. The SMILES string of the molecule is CCOCCCNC(=S)Nc1nn(Cc2ccc(Cl)c(Cl)c2)cc1Cl. The molecule has 0 aliphatic rings. The summed E-state index contributed by atoms with van der Waals surface area (Å²) >= 11 is 23.4. The third kappa shape index (κ3) is 6.64. The van der Waals surface area contributed by atoms with E-state index < -0.39 is 0 Å². The lowest BCUT2D eigenvalue weighted by molar-refractivity contribution is 0.146. The number of aromatic nitrogens is 2. The molecular weight excluding hydrogens is 403 g/mol. The van der Waals surface area contributed by atoms with Crippen LogP contribution in [0.1, 0.15) is 18.9 Å². The van der Waals surface area contributed by atoms with E-state index in [0.717, 1.165) is 12.0 Å². The second-order valence-corrected chi connectivity index (χ2v) is 6.83. The van der Waals surface area contributed by atoms with Gasteiger partial charge >= 0.3 is 0 Å². The molecule has 0 aliphatic heterocycles. The Morgan fingerprint density at radius 1 is 1.24 bits per heavy atom. The molecule has 1 aromatic carbocycles. The first-order valence-corrected chi connectivity index (χ1v) is 9.33. The Morgan fingerprint density at radius 3 is 2.76 bits per heavy atom. The summed E-state index contributed by atoms with van der Waals surface area (Å²) in [4.78, 5) is 0. The average molecular weight is 422 g/mol. The van der Waals surface area contributed by atoms with E-state index >= 15 is 0 Å². The van der Waals surface area contributed by atoms with Crippen molar-refractivity contribution in [2.45, 2.75) is 19.9 Å². The van der Waals surface area contributed by atoms with Crippen molar-refractivity contribution >= 4 is 58.0 Å². The summed E-state index contributed by atoms with van der Waals surface area (Å²) in [6, 6.07) is 5.45. The maximum atomic E-state index is 6.21. The highest BCUT2D eigenvalue weighted by atomic mass is 35.5. The van der Waals surface area contributed by atoms with Crippen LogP contribution in [0, 0.1) is 0 Å². The molecule has 2 rings (SSSR count). The monoisotopic (exact) mass is 420 g/mol. The Balaban J connectivity index is 1.88. The van der Waals surface area contributed by atoms with E-state index in [1.807, 2.05) is 13.0 Å². The van der Waals surface area contributed by atoms with E-state index in [-0.39, 0.29) is 0 Å². The predicted molar refractivity (Wildman–Crippen MR) is 108 cm³/mol. The second-order valence-electron chi connectivity index (χ2n) is 5.20. The highest BCUT2D eigenvalue weighted by Crippen LogP contribution is 2.24. The molecular formula is C16H19Cl3N4OS. The molecule has 0 fully saturated rings. The van der Waals surface area contributed by atoms with Crippen molar-refractivity contribution in [2.75, 3.05) is 25.1 Å². The molecule has 0 amide bonds. The topological polar surface area (TPSA) is 51.1 Å². The molecule has 2 N–H and O–H groups in total. The van der Waals surface area contributed by atoms with Gasteiger partial charge in [-0.1, -0.05) is 40.9 Å². The van der Waals surface area contributed by atoms with Gasteiger partial charge in [-0.15, -0.1) is 0 Å². The standard InChI is InChI=1S/C16H19Cl3N4OS/c1-2-24-7-3-6-20-16(25)21-15-14(19)10-23(22-15)9-11-4-5-12(17)13(18)8-11/h4-5,8,10H,2-3,6-7,9H2,1H3,(H2,20,21,22,25). The van der Waals surface area contributed by atoms with Crippen molar-refractivity contribution in [2.24, 2.45) is 0 Å². The third-order valence-electron chi connectivity index (χ3n) is 3.23. The zero-order chi connectivity index (χ0) is 18.2. The van der Waals surface area contributed by atoms with Crippen molar-refractivity contribution < 1.29 is 4.74 Å². The van der Waals surface area contributed by atoms with E-state index in [0.29, 0.717) is 52.3 Å². The Morgan fingerprint density at radius 2 is 2.04 bits per heavy atom. The van der Waals surface area contributed by atoms with Crippen LogP contribution in [0.25, 0.3) is 0 Å². The van der Waals surface area contributed by atoms with Gasteiger partial charge in [0.25, 0.3) is 0 Å². The minimum absolute atomic E-state index is 0.471. The Kier molecular flexibility index (Phi) is 8.26. The number of nitrogens with zero attached hydrogens (tertiary/aromatic N) is 2. The third-order valence-corrected chi connectivity index (χ3v) is 4.49. The molecule has 0 saturated carbocycles. The maximum Gasteiger partial charge on any atom is 0.173 e. The summed E-state index contributed by atoms with van der Waals surface area (Å²) in [5.41, 5.74) is 0.969. The van der Waals surface area contributed by atoms with Gasteiger partial charge in [-0.3, -0.25) is 4.68 Å². The van der Waals surface area contributed by atoms with Crippen LogP contribution >= 0.6 is 47.0 Å². The van der Waals surface area contributed by atoms with E-state index in [2.05, 4.69) is 15.7 Å². The van der Waals surface area contributed by atoms with Gasteiger partial charge < -0.3 is 15.4 Å². The van der Waals surface area contributed by atoms with Crippen LogP contribution < -0.4 is 10.6 Å². The number of anilines is 1. The van der Waals surface area contributed by atoms with Gasteiger partial charge in [-0.05, 0) is 43.3 Å². The molecule has 1 heterocycles. The number of rotatable bonds is 8. The Bertz CT molecular complexity index is 723. The van der Waals surface area contributed by atoms with Gasteiger partial charge in [-0.25, -0.2) is 0 Å². The molecule has 1 aromatic heterocycles. The van der Waals surface area contributed by atoms with E-state index in [1.54, 1.807) is 23.0 Å². The number of ether oxygens (including phenoxy) is 1. The quantitative estimate of drug-likeness (QED) is 0.482. The highest BCUT2D eigenvalue weighted by molar-refractivity contribution is 7.80. The average Bonchev–Trinajstić information content (AvgIpc) is 2.90.